The van der Waals surface area contributed by atoms with Crippen molar-refractivity contribution < 1.29 is 46.2 Å². The molecule has 5 rings (SSSR count). The Balaban J connectivity index is 0.000000231. The molecule has 3 fully saturated rings. The summed E-state index contributed by atoms with van der Waals surface area (Å²) in [7, 11) is -11.1. The molecule has 0 aliphatic carbocycles. The average molecular weight is 875 g/mol. The standard InChI is InChI=1S/C16H27BO4P2.C12H24B2O4.C10H15ClO2P2/c1-15(2)16(3,4)21-17(20-15)12-9-13(22(5,6)18)11-14(10-12)23(7,8)19;1-9(2)10(3,4)16-13(15-9)14-17-11(5,6)12(7,8)18-14;1-14(2,12)9-5-8(11)6-10(7-9)15(3,4)13/h9-11H,1-8H3;1-8H3;5-7H,1-4H3. The van der Waals surface area contributed by atoms with Gasteiger partial charge in [0.2, 0.25) is 0 Å². The average Bonchev–Trinajstić information content (AvgIpc) is 3.44. The van der Waals surface area contributed by atoms with Crippen molar-refractivity contribution in [3.63, 3.8) is 0 Å². The fourth-order valence-corrected chi connectivity index (χ4v) is 9.75. The molecule has 0 spiro atoms. The Kier molecular flexibility index (Phi) is 14.4. The fraction of sp³-hybridized carbons (Fsp3) is 0.684. The first-order valence-corrected chi connectivity index (χ1v) is 29.6. The maximum absolute atomic E-state index is 12.5. The predicted molar refractivity (Wildman–Crippen MR) is 242 cm³/mol. The lowest BCUT2D eigenvalue weighted by molar-refractivity contribution is 0.00578. The van der Waals surface area contributed by atoms with Crippen molar-refractivity contribution in [1.29, 1.82) is 0 Å². The minimum absolute atomic E-state index is 0.360. The van der Waals surface area contributed by atoms with Gasteiger partial charge in [-0.2, -0.15) is 0 Å². The van der Waals surface area contributed by atoms with E-state index in [9.17, 15) is 18.3 Å². The molecule has 0 aromatic heterocycles. The lowest BCUT2D eigenvalue weighted by Crippen LogP contribution is -2.41. The highest BCUT2D eigenvalue weighted by Gasteiger charge is 2.63. The Morgan fingerprint density at radius 2 is 0.607 bits per heavy atom. The normalized spacial score (nSPS) is 22.3. The summed E-state index contributed by atoms with van der Waals surface area (Å²) in [4.78, 5) is 0. The van der Waals surface area contributed by atoms with Crippen LogP contribution in [-0.4, -0.2) is 108 Å². The van der Waals surface area contributed by atoms with Gasteiger partial charge in [0.1, 0.15) is 28.6 Å². The topological polar surface area (TPSA) is 124 Å². The molecular weight excluding hydrogens is 808 g/mol. The van der Waals surface area contributed by atoms with Crippen molar-refractivity contribution >= 4 is 88.0 Å². The van der Waals surface area contributed by atoms with Gasteiger partial charge in [-0.3, -0.25) is 0 Å². The molecule has 0 amide bonds. The Morgan fingerprint density at radius 1 is 0.393 bits per heavy atom. The first-order chi connectivity index (χ1) is 24.6. The van der Waals surface area contributed by atoms with Crippen LogP contribution in [0.25, 0.3) is 0 Å². The van der Waals surface area contributed by atoms with Crippen molar-refractivity contribution in [2.45, 2.75) is 117 Å². The molecule has 2 aromatic rings. The second kappa shape index (κ2) is 16.1. The third-order valence-corrected chi connectivity index (χ3v) is 17.8. The molecule has 0 bridgehead atoms. The monoisotopic (exact) mass is 874 g/mol. The van der Waals surface area contributed by atoms with Gasteiger partial charge in [0, 0.05) is 26.2 Å². The van der Waals surface area contributed by atoms with Gasteiger partial charge >= 0.3 is 21.1 Å². The van der Waals surface area contributed by atoms with Crippen molar-refractivity contribution in [2.24, 2.45) is 0 Å². The van der Waals surface area contributed by atoms with Crippen LogP contribution in [0.4, 0.5) is 0 Å². The largest absolute Gasteiger partial charge is 0.494 e. The van der Waals surface area contributed by atoms with E-state index in [4.69, 9.17) is 39.5 Å². The van der Waals surface area contributed by atoms with Crippen LogP contribution >= 0.6 is 40.2 Å². The summed E-state index contributed by atoms with van der Waals surface area (Å²) in [5, 5.41) is 3.30. The molecule has 0 unspecified atom stereocenters. The summed E-state index contributed by atoms with van der Waals surface area (Å²) in [6.45, 7) is 37.8. The van der Waals surface area contributed by atoms with Gasteiger partial charge in [-0.05, 0) is 166 Å². The van der Waals surface area contributed by atoms with E-state index in [-0.39, 0.29) is 22.4 Å². The zero-order chi connectivity index (χ0) is 43.7. The first kappa shape index (κ1) is 50.0. The Bertz CT molecular complexity index is 1810. The first-order valence-electron chi connectivity index (χ1n) is 18.9. The second-order valence-electron chi connectivity index (χ2n) is 19.7. The summed E-state index contributed by atoms with van der Waals surface area (Å²) >= 11 is 5.92. The molecule has 0 saturated carbocycles. The van der Waals surface area contributed by atoms with Crippen LogP contribution in [0.5, 0.6) is 0 Å². The SMILES string of the molecule is CC1(C)OB(B2OC(C)(C)C(C)(C)O2)OC1(C)C.CC1(C)OB(c2cc(P(C)(C)=O)cc(P(C)(C)=O)c2)OC1(C)C.CP(C)(=O)c1cc(Cl)cc(P(C)(C)=O)c1. The van der Waals surface area contributed by atoms with Crippen molar-refractivity contribution in [2.75, 3.05) is 53.3 Å². The van der Waals surface area contributed by atoms with Crippen LogP contribution in [-0.2, 0) is 46.2 Å². The quantitative estimate of drug-likeness (QED) is 0.212. The summed E-state index contributed by atoms with van der Waals surface area (Å²) in [5.74, 6) is 0. The van der Waals surface area contributed by atoms with Crippen LogP contribution in [0.15, 0.2) is 36.4 Å². The zero-order valence-electron chi connectivity index (χ0n) is 37.4. The molecule has 18 heteroatoms. The zero-order valence-corrected chi connectivity index (χ0v) is 41.8. The van der Waals surface area contributed by atoms with E-state index in [0.29, 0.717) is 26.2 Å². The van der Waals surface area contributed by atoms with Crippen molar-refractivity contribution in [3.8, 4) is 0 Å². The molecule has 3 aliphatic heterocycles. The molecule has 3 heterocycles. The van der Waals surface area contributed by atoms with Crippen LogP contribution < -0.4 is 26.7 Å². The van der Waals surface area contributed by atoms with Gasteiger partial charge in [-0.25, -0.2) is 0 Å². The fourth-order valence-electron chi connectivity index (χ4n) is 5.54. The van der Waals surface area contributed by atoms with Crippen molar-refractivity contribution in [3.05, 3.63) is 41.4 Å². The van der Waals surface area contributed by atoms with Gasteiger partial charge in [-0.1, -0.05) is 23.7 Å². The van der Waals surface area contributed by atoms with E-state index in [2.05, 4.69) is 0 Å². The molecule has 0 N–H and O–H groups in total. The van der Waals surface area contributed by atoms with Crippen LogP contribution in [0.2, 0.25) is 5.02 Å². The van der Waals surface area contributed by atoms with Crippen LogP contribution in [0.3, 0.4) is 0 Å². The smallest absolute Gasteiger partial charge is 0.405 e. The molecular formula is C38H66B3ClO10P4. The summed E-state index contributed by atoms with van der Waals surface area (Å²) in [6, 6.07) is 10.6. The van der Waals surface area contributed by atoms with E-state index in [1.807, 2.05) is 95.2 Å². The summed E-state index contributed by atoms with van der Waals surface area (Å²) < 4.78 is 84.9. The summed E-state index contributed by atoms with van der Waals surface area (Å²) in [6.07, 6.45) is 0. The molecule has 56 heavy (non-hydrogen) atoms. The van der Waals surface area contributed by atoms with E-state index in [0.717, 1.165) is 5.46 Å². The molecule has 10 nitrogen and oxygen atoms in total. The van der Waals surface area contributed by atoms with Gasteiger partial charge in [0.05, 0.1) is 33.6 Å². The van der Waals surface area contributed by atoms with Gasteiger partial charge in [0.25, 0.3) is 0 Å². The molecule has 0 atom stereocenters. The van der Waals surface area contributed by atoms with Gasteiger partial charge < -0.3 is 46.2 Å². The van der Waals surface area contributed by atoms with Gasteiger partial charge in [0.15, 0.2) is 0 Å². The number of hydrogen-bond donors (Lipinski definition) is 0. The molecule has 2 aromatic carbocycles. The van der Waals surface area contributed by atoms with Gasteiger partial charge in [-0.15, -0.1) is 0 Å². The minimum Gasteiger partial charge on any atom is -0.405 e. The van der Waals surface area contributed by atoms with E-state index >= 15 is 0 Å². The second-order valence-corrected chi connectivity index (χ2v) is 33.0. The Hall–Kier alpha value is -0.395. The van der Waals surface area contributed by atoms with Crippen molar-refractivity contribution in [1.82, 2.24) is 0 Å². The highest BCUT2D eigenvalue weighted by Crippen LogP contribution is 2.44. The number of rotatable bonds is 6. The maximum Gasteiger partial charge on any atom is 0.494 e. The number of hydrogen-bond acceptors (Lipinski definition) is 10. The third kappa shape index (κ3) is 11.7. The molecule has 3 aliphatic rings. The lowest BCUT2D eigenvalue weighted by Gasteiger charge is -2.32. The number of halogens is 1. The van der Waals surface area contributed by atoms with E-state index < -0.39 is 60.9 Å². The van der Waals surface area contributed by atoms with E-state index in [1.165, 1.54) is 0 Å². The highest BCUT2D eigenvalue weighted by atomic mass is 35.5. The minimum atomic E-state index is -2.48. The predicted octanol–water partition coefficient (Wildman–Crippen LogP) is 7.57. The number of benzene rings is 2. The highest BCUT2D eigenvalue weighted by molar-refractivity contribution is 7.72. The van der Waals surface area contributed by atoms with E-state index in [1.54, 1.807) is 77.6 Å². The maximum atomic E-state index is 12.5. The third-order valence-electron chi connectivity index (χ3n) is 11.6. The molecule has 0 radical (unpaired) electrons. The molecule has 3 saturated heterocycles. The summed E-state index contributed by atoms with van der Waals surface area (Å²) in [5.41, 5.74) is -1.55. The van der Waals surface area contributed by atoms with Crippen LogP contribution in [0.1, 0.15) is 83.1 Å². The van der Waals surface area contributed by atoms with Crippen LogP contribution in [0, 0.1) is 0 Å². The Labute approximate surface area is 344 Å². The molecule has 314 valence electrons. The Morgan fingerprint density at radius 3 is 0.839 bits per heavy atom. The lowest BCUT2D eigenvalue weighted by atomic mass is 9.49.